The summed E-state index contributed by atoms with van der Waals surface area (Å²) < 4.78 is 5.40. The minimum Gasteiger partial charge on any atom is -0.379 e. The van der Waals surface area contributed by atoms with E-state index in [2.05, 4.69) is 15.1 Å². The Kier molecular flexibility index (Phi) is 5.49. The summed E-state index contributed by atoms with van der Waals surface area (Å²) in [5.74, 6) is 1.46. The first-order chi connectivity index (χ1) is 10.3. The molecule has 3 aliphatic heterocycles. The van der Waals surface area contributed by atoms with Crippen molar-refractivity contribution in [1.29, 1.82) is 0 Å². The Hall–Kier alpha value is -0.650. The molecule has 5 nitrogen and oxygen atoms in total. The van der Waals surface area contributed by atoms with E-state index in [1.807, 2.05) is 0 Å². The molecule has 3 fully saturated rings. The van der Waals surface area contributed by atoms with Gasteiger partial charge in [0.05, 0.1) is 13.2 Å². The second-order valence-corrected chi connectivity index (χ2v) is 6.71. The third kappa shape index (κ3) is 4.18. The van der Waals surface area contributed by atoms with E-state index in [1.165, 1.54) is 19.4 Å². The van der Waals surface area contributed by atoms with Gasteiger partial charge in [-0.15, -0.1) is 0 Å². The molecule has 0 bridgehead atoms. The van der Waals surface area contributed by atoms with Crippen LogP contribution in [0.15, 0.2) is 0 Å². The highest BCUT2D eigenvalue weighted by Crippen LogP contribution is 2.22. The van der Waals surface area contributed by atoms with Gasteiger partial charge in [0.25, 0.3) is 0 Å². The maximum Gasteiger partial charge on any atom is 0.225 e. The monoisotopic (exact) mass is 295 g/mol. The van der Waals surface area contributed by atoms with Crippen molar-refractivity contribution in [1.82, 2.24) is 15.1 Å². The maximum absolute atomic E-state index is 12.5. The molecular formula is C16H29N3O2. The Morgan fingerprint density at radius 3 is 2.33 bits per heavy atom. The predicted octanol–water partition coefficient (Wildman–Crippen LogP) is 0.557. The van der Waals surface area contributed by atoms with Gasteiger partial charge < -0.3 is 15.0 Å². The van der Waals surface area contributed by atoms with Gasteiger partial charge in [-0.05, 0) is 44.7 Å². The van der Waals surface area contributed by atoms with Gasteiger partial charge >= 0.3 is 0 Å². The molecule has 0 spiro atoms. The standard InChI is InChI=1S/C16H29N3O2/c20-16(15-1-5-17-6-2-15)19-7-3-14(4-8-19)13-18-9-11-21-12-10-18/h14-15,17H,1-13H2. The molecule has 0 unspecified atom stereocenters. The Labute approximate surface area is 128 Å². The van der Waals surface area contributed by atoms with Crippen molar-refractivity contribution in [3.8, 4) is 0 Å². The summed E-state index contributed by atoms with van der Waals surface area (Å²) in [7, 11) is 0. The van der Waals surface area contributed by atoms with Gasteiger partial charge in [-0.25, -0.2) is 0 Å². The van der Waals surface area contributed by atoms with Crippen LogP contribution >= 0.6 is 0 Å². The number of piperidine rings is 2. The number of hydrogen-bond donors (Lipinski definition) is 1. The molecule has 1 N–H and O–H groups in total. The molecule has 0 saturated carbocycles. The van der Waals surface area contributed by atoms with E-state index in [4.69, 9.17) is 4.74 Å². The molecule has 0 aromatic heterocycles. The van der Waals surface area contributed by atoms with E-state index < -0.39 is 0 Å². The number of carbonyl (C=O) groups excluding carboxylic acids is 1. The molecule has 5 heteroatoms. The second-order valence-electron chi connectivity index (χ2n) is 6.71. The van der Waals surface area contributed by atoms with E-state index in [0.29, 0.717) is 5.91 Å². The van der Waals surface area contributed by atoms with Crippen molar-refractivity contribution in [3.63, 3.8) is 0 Å². The molecule has 0 aromatic carbocycles. The van der Waals surface area contributed by atoms with Crippen LogP contribution in [0.1, 0.15) is 25.7 Å². The van der Waals surface area contributed by atoms with Crippen LogP contribution in [-0.4, -0.2) is 74.7 Å². The molecule has 3 aliphatic rings. The molecule has 0 atom stereocenters. The van der Waals surface area contributed by atoms with E-state index in [9.17, 15) is 4.79 Å². The van der Waals surface area contributed by atoms with E-state index in [0.717, 1.165) is 71.2 Å². The third-order valence-electron chi connectivity index (χ3n) is 5.23. The summed E-state index contributed by atoms with van der Waals surface area (Å²) in [5.41, 5.74) is 0. The zero-order chi connectivity index (χ0) is 14.5. The van der Waals surface area contributed by atoms with Crippen molar-refractivity contribution in [2.75, 3.05) is 59.0 Å². The zero-order valence-corrected chi connectivity index (χ0v) is 13.1. The number of amides is 1. The number of ether oxygens (including phenoxy) is 1. The van der Waals surface area contributed by atoms with Crippen LogP contribution < -0.4 is 5.32 Å². The minimum absolute atomic E-state index is 0.280. The first-order valence-electron chi connectivity index (χ1n) is 8.62. The molecule has 0 aromatic rings. The number of rotatable bonds is 3. The van der Waals surface area contributed by atoms with Crippen molar-refractivity contribution in [2.45, 2.75) is 25.7 Å². The molecule has 21 heavy (non-hydrogen) atoms. The summed E-state index contributed by atoms with van der Waals surface area (Å²) in [6.07, 6.45) is 4.39. The van der Waals surface area contributed by atoms with Crippen LogP contribution in [0.25, 0.3) is 0 Å². The predicted molar refractivity (Wildman–Crippen MR) is 82.2 cm³/mol. The van der Waals surface area contributed by atoms with Gasteiger partial charge in [0.1, 0.15) is 0 Å². The SMILES string of the molecule is O=C(C1CCNCC1)N1CCC(CN2CCOCC2)CC1. The molecule has 1 amide bonds. The van der Waals surface area contributed by atoms with E-state index in [-0.39, 0.29) is 5.92 Å². The van der Waals surface area contributed by atoms with Crippen LogP contribution in [0.2, 0.25) is 0 Å². The zero-order valence-electron chi connectivity index (χ0n) is 13.1. The average molecular weight is 295 g/mol. The largest absolute Gasteiger partial charge is 0.379 e. The van der Waals surface area contributed by atoms with Crippen molar-refractivity contribution in [3.05, 3.63) is 0 Å². The smallest absolute Gasteiger partial charge is 0.225 e. The van der Waals surface area contributed by atoms with Crippen molar-refractivity contribution in [2.24, 2.45) is 11.8 Å². The Bertz CT molecular complexity index is 330. The van der Waals surface area contributed by atoms with Crippen LogP contribution in [-0.2, 0) is 9.53 Å². The Morgan fingerprint density at radius 1 is 1.00 bits per heavy atom. The van der Waals surface area contributed by atoms with Gasteiger partial charge in [0.15, 0.2) is 0 Å². The number of hydrogen-bond acceptors (Lipinski definition) is 4. The normalized spacial score (nSPS) is 27.0. The lowest BCUT2D eigenvalue weighted by molar-refractivity contribution is -0.137. The van der Waals surface area contributed by atoms with Gasteiger partial charge in [0.2, 0.25) is 5.91 Å². The fraction of sp³-hybridized carbons (Fsp3) is 0.938. The van der Waals surface area contributed by atoms with E-state index in [1.54, 1.807) is 0 Å². The summed E-state index contributed by atoms with van der Waals surface area (Å²) in [6.45, 7) is 9.06. The molecular weight excluding hydrogens is 266 g/mol. The van der Waals surface area contributed by atoms with Crippen LogP contribution in [0, 0.1) is 11.8 Å². The summed E-state index contributed by atoms with van der Waals surface area (Å²) in [6, 6.07) is 0. The third-order valence-corrected chi connectivity index (χ3v) is 5.23. The molecule has 3 rings (SSSR count). The quantitative estimate of drug-likeness (QED) is 0.826. The highest BCUT2D eigenvalue weighted by atomic mass is 16.5. The first-order valence-corrected chi connectivity index (χ1v) is 8.62. The van der Waals surface area contributed by atoms with Crippen LogP contribution in [0.4, 0.5) is 0 Å². The second kappa shape index (κ2) is 7.56. The first kappa shape index (κ1) is 15.3. The fourth-order valence-corrected chi connectivity index (χ4v) is 3.81. The number of nitrogens with zero attached hydrogens (tertiary/aromatic N) is 2. The van der Waals surface area contributed by atoms with Gasteiger partial charge in [-0.3, -0.25) is 9.69 Å². The molecule has 0 radical (unpaired) electrons. The van der Waals surface area contributed by atoms with Crippen LogP contribution in [0.3, 0.4) is 0 Å². The molecule has 0 aliphatic carbocycles. The topological polar surface area (TPSA) is 44.8 Å². The lowest BCUT2D eigenvalue weighted by Crippen LogP contribution is -2.47. The summed E-state index contributed by atoms with van der Waals surface area (Å²) >= 11 is 0. The number of nitrogens with one attached hydrogen (secondary N) is 1. The lowest BCUT2D eigenvalue weighted by atomic mass is 9.92. The minimum atomic E-state index is 0.280. The van der Waals surface area contributed by atoms with Crippen molar-refractivity contribution < 1.29 is 9.53 Å². The average Bonchev–Trinajstić information content (AvgIpc) is 2.57. The Balaban J connectivity index is 1.40. The number of likely N-dealkylation sites (tertiary alicyclic amines) is 1. The van der Waals surface area contributed by atoms with Gasteiger partial charge in [-0.1, -0.05) is 0 Å². The van der Waals surface area contributed by atoms with Crippen LogP contribution in [0.5, 0.6) is 0 Å². The Morgan fingerprint density at radius 2 is 1.67 bits per heavy atom. The lowest BCUT2D eigenvalue weighted by Gasteiger charge is -2.37. The highest BCUT2D eigenvalue weighted by Gasteiger charge is 2.29. The summed E-state index contributed by atoms with van der Waals surface area (Å²) in [5, 5.41) is 3.34. The molecule has 3 heterocycles. The van der Waals surface area contributed by atoms with E-state index >= 15 is 0 Å². The molecule has 3 saturated heterocycles. The summed E-state index contributed by atoms with van der Waals surface area (Å²) in [4.78, 5) is 17.2. The van der Waals surface area contributed by atoms with Gasteiger partial charge in [-0.2, -0.15) is 0 Å². The van der Waals surface area contributed by atoms with Gasteiger partial charge in [0, 0.05) is 38.6 Å². The number of carbonyl (C=O) groups is 1. The fourth-order valence-electron chi connectivity index (χ4n) is 3.81. The van der Waals surface area contributed by atoms with Crippen molar-refractivity contribution >= 4 is 5.91 Å². The maximum atomic E-state index is 12.5. The highest BCUT2D eigenvalue weighted by molar-refractivity contribution is 5.79. The molecule has 120 valence electrons. The number of morpholine rings is 1.